The maximum Gasteiger partial charge on any atom is 0.223 e. The third-order valence-electron chi connectivity index (χ3n) is 2.94. The molecule has 0 unspecified atom stereocenters. The second kappa shape index (κ2) is 6.48. The van der Waals surface area contributed by atoms with Crippen LogP contribution in [0, 0.1) is 0 Å². The summed E-state index contributed by atoms with van der Waals surface area (Å²) < 4.78 is 1.05. The van der Waals surface area contributed by atoms with Crippen LogP contribution < -0.4 is 4.90 Å². The Hall–Kier alpha value is -1.94. The van der Waals surface area contributed by atoms with Gasteiger partial charge in [-0.25, -0.2) is 0 Å². The molecule has 3 nitrogen and oxygen atoms in total. The summed E-state index contributed by atoms with van der Waals surface area (Å²) in [7, 11) is 1.75. The number of hydrogen-bond acceptors (Lipinski definition) is 2. The van der Waals surface area contributed by atoms with E-state index in [9.17, 15) is 4.79 Å². The molecule has 1 amide bonds. The first kappa shape index (κ1) is 14.5. The van der Waals surface area contributed by atoms with E-state index in [1.165, 1.54) is 0 Å². The number of rotatable bonds is 3. The van der Waals surface area contributed by atoms with Crippen LogP contribution in [0.25, 0.3) is 0 Å². The maximum atomic E-state index is 11.3. The molecule has 0 spiro atoms. The molecule has 0 atom stereocenters. The SMILES string of the molecule is CC(=O)N(C)c1ccc(N=Cc2ccc(Br)cc2)cc1. The predicted octanol–water partition coefficient (Wildman–Crippen LogP) is 4.18. The van der Waals surface area contributed by atoms with Gasteiger partial charge in [-0.05, 0) is 42.0 Å². The van der Waals surface area contributed by atoms with Crippen molar-refractivity contribution in [2.75, 3.05) is 11.9 Å². The van der Waals surface area contributed by atoms with Crippen LogP contribution >= 0.6 is 15.9 Å². The van der Waals surface area contributed by atoms with Gasteiger partial charge in [0, 0.05) is 30.3 Å². The number of aliphatic imine (C=N–C) groups is 1. The van der Waals surface area contributed by atoms with Crippen LogP contribution in [0.2, 0.25) is 0 Å². The molecule has 0 saturated heterocycles. The van der Waals surface area contributed by atoms with E-state index in [0.29, 0.717) is 0 Å². The van der Waals surface area contributed by atoms with E-state index in [1.54, 1.807) is 18.9 Å². The van der Waals surface area contributed by atoms with Crippen LogP contribution in [0.5, 0.6) is 0 Å². The van der Waals surface area contributed by atoms with Gasteiger partial charge in [-0.15, -0.1) is 0 Å². The van der Waals surface area contributed by atoms with Gasteiger partial charge in [0.25, 0.3) is 0 Å². The molecule has 2 aromatic carbocycles. The minimum atomic E-state index is 0.0103. The molecule has 0 radical (unpaired) electrons. The quantitative estimate of drug-likeness (QED) is 0.777. The molecule has 0 aromatic heterocycles. The van der Waals surface area contributed by atoms with Crippen molar-refractivity contribution in [3.8, 4) is 0 Å². The fourth-order valence-corrected chi connectivity index (χ4v) is 1.91. The van der Waals surface area contributed by atoms with Crippen molar-refractivity contribution in [1.29, 1.82) is 0 Å². The van der Waals surface area contributed by atoms with Gasteiger partial charge in [-0.2, -0.15) is 0 Å². The van der Waals surface area contributed by atoms with Gasteiger partial charge in [0.05, 0.1) is 5.69 Å². The van der Waals surface area contributed by atoms with E-state index in [1.807, 2.05) is 54.7 Å². The van der Waals surface area contributed by atoms with E-state index in [2.05, 4.69) is 20.9 Å². The molecular weight excluding hydrogens is 316 g/mol. The summed E-state index contributed by atoms with van der Waals surface area (Å²) in [4.78, 5) is 17.3. The molecule has 102 valence electrons. The first-order chi connectivity index (χ1) is 9.56. The van der Waals surface area contributed by atoms with Crippen molar-refractivity contribution in [1.82, 2.24) is 0 Å². The van der Waals surface area contributed by atoms with Crippen LogP contribution in [0.3, 0.4) is 0 Å². The topological polar surface area (TPSA) is 32.7 Å². The molecule has 2 aromatic rings. The third-order valence-corrected chi connectivity index (χ3v) is 3.47. The van der Waals surface area contributed by atoms with E-state index in [4.69, 9.17) is 0 Å². The Labute approximate surface area is 127 Å². The van der Waals surface area contributed by atoms with Crippen LogP contribution in [0.1, 0.15) is 12.5 Å². The normalized spacial score (nSPS) is 10.8. The molecule has 0 bridgehead atoms. The number of amides is 1. The molecule has 20 heavy (non-hydrogen) atoms. The van der Waals surface area contributed by atoms with Crippen LogP contribution in [-0.4, -0.2) is 19.2 Å². The number of carbonyl (C=O) groups is 1. The second-order valence-corrected chi connectivity index (χ2v) is 5.32. The molecule has 0 fully saturated rings. The first-order valence-electron chi connectivity index (χ1n) is 6.20. The van der Waals surface area contributed by atoms with Crippen molar-refractivity contribution in [2.24, 2.45) is 4.99 Å². The molecule has 0 N–H and O–H groups in total. The number of benzene rings is 2. The van der Waals surface area contributed by atoms with Crippen LogP contribution in [-0.2, 0) is 4.79 Å². The van der Waals surface area contributed by atoms with Gasteiger partial charge >= 0.3 is 0 Å². The zero-order valence-electron chi connectivity index (χ0n) is 11.4. The summed E-state index contributed by atoms with van der Waals surface area (Å²) in [5.41, 5.74) is 2.76. The van der Waals surface area contributed by atoms with Gasteiger partial charge in [0.15, 0.2) is 0 Å². The highest BCUT2D eigenvalue weighted by molar-refractivity contribution is 9.10. The molecule has 0 aliphatic carbocycles. The number of carbonyl (C=O) groups excluding carboxylic acids is 1. The highest BCUT2D eigenvalue weighted by Gasteiger charge is 2.04. The second-order valence-electron chi connectivity index (χ2n) is 4.40. The average molecular weight is 331 g/mol. The zero-order chi connectivity index (χ0) is 14.5. The lowest BCUT2D eigenvalue weighted by Crippen LogP contribution is -2.22. The fourth-order valence-electron chi connectivity index (χ4n) is 1.64. The highest BCUT2D eigenvalue weighted by Crippen LogP contribution is 2.19. The first-order valence-corrected chi connectivity index (χ1v) is 6.99. The summed E-state index contributed by atoms with van der Waals surface area (Å²) >= 11 is 3.40. The Morgan fingerprint density at radius 2 is 1.70 bits per heavy atom. The van der Waals surface area contributed by atoms with Gasteiger partial charge in [-0.3, -0.25) is 9.79 Å². The van der Waals surface area contributed by atoms with Crippen LogP contribution in [0.15, 0.2) is 58.0 Å². The molecule has 0 heterocycles. The fraction of sp³-hybridized carbons (Fsp3) is 0.125. The largest absolute Gasteiger partial charge is 0.316 e. The van der Waals surface area contributed by atoms with Crippen molar-refractivity contribution in [3.05, 3.63) is 58.6 Å². The van der Waals surface area contributed by atoms with E-state index < -0.39 is 0 Å². The van der Waals surface area contributed by atoms with Crippen molar-refractivity contribution in [3.63, 3.8) is 0 Å². The molecule has 4 heteroatoms. The Kier molecular flexibility index (Phi) is 4.69. The van der Waals surface area contributed by atoms with E-state index >= 15 is 0 Å². The summed E-state index contributed by atoms with van der Waals surface area (Å²) in [6.45, 7) is 1.54. The van der Waals surface area contributed by atoms with Crippen LogP contribution in [0.4, 0.5) is 11.4 Å². The van der Waals surface area contributed by atoms with E-state index in [-0.39, 0.29) is 5.91 Å². The number of halogens is 1. The Bertz CT molecular complexity index is 618. The lowest BCUT2D eigenvalue weighted by Gasteiger charge is -2.14. The van der Waals surface area contributed by atoms with Gasteiger partial charge < -0.3 is 4.90 Å². The van der Waals surface area contributed by atoms with Gasteiger partial charge in [0.1, 0.15) is 0 Å². The standard InChI is InChI=1S/C16H15BrN2O/c1-12(20)19(2)16-9-7-15(8-10-16)18-11-13-3-5-14(17)6-4-13/h3-11H,1-2H3. The van der Waals surface area contributed by atoms with Gasteiger partial charge in [-0.1, -0.05) is 28.1 Å². The monoisotopic (exact) mass is 330 g/mol. The zero-order valence-corrected chi connectivity index (χ0v) is 13.0. The van der Waals surface area contributed by atoms with Crippen molar-refractivity contribution >= 4 is 39.4 Å². The number of anilines is 1. The molecule has 0 aliphatic heterocycles. The molecule has 0 saturated carbocycles. The molecule has 0 aliphatic rings. The lowest BCUT2D eigenvalue weighted by atomic mass is 10.2. The summed E-state index contributed by atoms with van der Waals surface area (Å²) in [6, 6.07) is 15.5. The minimum absolute atomic E-state index is 0.0103. The Morgan fingerprint density at radius 1 is 1.10 bits per heavy atom. The number of hydrogen-bond donors (Lipinski definition) is 0. The lowest BCUT2D eigenvalue weighted by molar-refractivity contribution is -0.116. The third kappa shape index (κ3) is 3.78. The Morgan fingerprint density at radius 3 is 2.25 bits per heavy atom. The van der Waals surface area contributed by atoms with Gasteiger partial charge in [0.2, 0.25) is 5.91 Å². The summed E-state index contributed by atoms with van der Waals surface area (Å²) in [5, 5.41) is 0. The van der Waals surface area contributed by atoms with E-state index in [0.717, 1.165) is 21.4 Å². The van der Waals surface area contributed by atoms with Crippen molar-refractivity contribution < 1.29 is 4.79 Å². The molecule has 2 rings (SSSR count). The predicted molar refractivity (Wildman–Crippen MR) is 86.9 cm³/mol. The smallest absolute Gasteiger partial charge is 0.223 e. The Balaban J connectivity index is 2.10. The summed E-state index contributed by atoms with van der Waals surface area (Å²) in [6.07, 6.45) is 1.82. The molecular formula is C16H15BrN2O. The highest BCUT2D eigenvalue weighted by atomic mass is 79.9. The minimum Gasteiger partial charge on any atom is -0.316 e. The number of nitrogens with zero attached hydrogens (tertiary/aromatic N) is 2. The maximum absolute atomic E-state index is 11.3. The van der Waals surface area contributed by atoms with Crippen molar-refractivity contribution in [2.45, 2.75) is 6.92 Å². The average Bonchev–Trinajstić information content (AvgIpc) is 2.46. The summed E-state index contributed by atoms with van der Waals surface area (Å²) in [5.74, 6) is 0.0103.